The van der Waals surface area contributed by atoms with Gasteiger partial charge in [-0.05, 0) is 5.25 Å². The molecule has 0 heterocycles. The minimum Gasteiger partial charge on any atom is -0.377 e. The first-order chi connectivity index (χ1) is 4.31. The quantitative estimate of drug-likeness (QED) is 0.462. The second-order valence-electron chi connectivity index (χ2n) is 1.36. The van der Waals surface area contributed by atoms with E-state index in [0.29, 0.717) is 0 Å². The van der Waals surface area contributed by atoms with Crippen LogP contribution in [-0.4, -0.2) is 17.0 Å². The molecule has 0 spiro atoms. The van der Waals surface area contributed by atoms with Crippen LogP contribution in [0.25, 0.3) is 0 Å². The van der Waals surface area contributed by atoms with Gasteiger partial charge in [0.15, 0.2) is 0 Å². The molecule has 9 heavy (non-hydrogen) atoms. The minimum absolute atomic E-state index is 0.663. The normalized spacial score (nSPS) is 11.3. The van der Waals surface area contributed by atoms with Crippen LogP contribution in [0.5, 0.6) is 0 Å². The molecule has 1 N–H and O–H groups in total. The molecule has 0 aliphatic rings. The maximum Gasteiger partial charge on any atom is 0.134 e. The number of rotatable bonds is 2. The molecule has 0 saturated heterocycles. The third kappa shape index (κ3) is 5.48. The van der Waals surface area contributed by atoms with Crippen molar-refractivity contribution in [1.29, 1.82) is 0 Å². The average molecular weight is 142 g/mol. The Balaban J connectivity index is 3.45. The maximum absolute atomic E-state index is 8.78. The molecule has 1 atom stereocenters. The zero-order valence-electron chi connectivity index (χ0n) is 5.42. The third-order valence-electron chi connectivity index (χ3n) is 0.647. The first-order valence-electron chi connectivity index (χ1n) is 2.74. The first-order valence-corrected chi connectivity index (χ1v) is 3.72. The lowest BCUT2D eigenvalue weighted by Crippen LogP contribution is -1.94. The van der Waals surface area contributed by atoms with Crippen molar-refractivity contribution in [2.24, 2.45) is 0 Å². The Labute approximate surface area is 60.2 Å². The van der Waals surface area contributed by atoms with E-state index < -0.39 is 6.10 Å². The molecule has 0 radical (unpaired) electrons. The molecule has 0 fully saturated rings. The van der Waals surface area contributed by atoms with Crippen molar-refractivity contribution in [3.8, 4) is 11.2 Å². The lowest BCUT2D eigenvalue weighted by Gasteiger charge is -1.87. The molecular formula is C7H10OS. The predicted molar refractivity (Wildman–Crippen MR) is 42.1 cm³/mol. The van der Waals surface area contributed by atoms with E-state index in [9.17, 15) is 0 Å². The highest BCUT2D eigenvalue weighted by molar-refractivity contribution is 8.03. The van der Waals surface area contributed by atoms with Gasteiger partial charge in [-0.1, -0.05) is 37.3 Å². The lowest BCUT2D eigenvalue weighted by atomic mass is 10.4. The van der Waals surface area contributed by atoms with Crippen molar-refractivity contribution in [2.75, 3.05) is 5.75 Å². The summed E-state index contributed by atoms with van der Waals surface area (Å²) in [5, 5.41) is 11.5. The van der Waals surface area contributed by atoms with E-state index in [1.807, 2.05) is 6.92 Å². The van der Waals surface area contributed by atoms with Crippen molar-refractivity contribution in [3.63, 3.8) is 0 Å². The SMILES string of the molecule is C=CC(O)C#CSCC. The fourth-order valence-electron chi connectivity index (χ4n) is 0.233. The summed E-state index contributed by atoms with van der Waals surface area (Å²) in [5.74, 6) is 3.54. The summed E-state index contributed by atoms with van der Waals surface area (Å²) in [5.41, 5.74) is 0. The topological polar surface area (TPSA) is 20.2 Å². The molecule has 0 aromatic heterocycles. The van der Waals surface area contributed by atoms with E-state index in [2.05, 4.69) is 17.8 Å². The van der Waals surface area contributed by atoms with Crippen LogP contribution in [-0.2, 0) is 0 Å². The number of aliphatic hydroxyl groups is 1. The summed E-state index contributed by atoms with van der Waals surface area (Å²) in [6.45, 7) is 5.39. The Morgan fingerprint density at radius 2 is 2.56 bits per heavy atom. The van der Waals surface area contributed by atoms with Gasteiger partial charge in [0.05, 0.1) is 0 Å². The third-order valence-corrected chi connectivity index (χ3v) is 1.20. The second kappa shape index (κ2) is 5.74. The van der Waals surface area contributed by atoms with Crippen LogP contribution in [0.1, 0.15) is 6.92 Å². The number of aliphatic hydroxyl groups excluding tert-OH is 1. The monoisotopic (exact) mass is 142 g/mol. The molecule has 50 valence electrons. The molecule has 0 aliphatic heterocycles. The highest BCUT2D eigenvalue weighted by Crippen LogP contribution is 1.93. The largest absolute Gasteiger partial charge is 0.377 e. The molecule has 0 aliphatic carbocycles. The van der Waals surface area contributed by atoms with Crippen molar-refractivity contribution in [1.82, 2.24) is 0 Å². The molecule has 0 amide bonds. The molecule has 0 saturated carbocycles. The molecule has 1 unspecified atom stereocenters. The van der Waals surface area contributed by atoms with E-state index in [4.69, 9.17) is 5.11 Å². The molecule has 2 heteroatoms. The van der Waals surface area contributed by atoms with E-state index in [0.717, 1.165) is 5.75 Å². The van der Waals surface area contributed by atoms with Crippen molar-refractivity contribution < 1.29 is 5.11 Å². The number of thioether (sulfide) groups is 1. The molecular weight excluding hydrogens is 132 g/mol. The molecule has 0 aromatic carbocycles. The van der Waals surface area contributed by atoms with Gasteiger partial charge in [-0.15, -0.1) is 0 Å². The summed E-state index contributed by atoms with van der Waals surface area (Å²) in [6.07, 6.45) is 0.743. The highest BCUT2D eigenvalue weighted by Gasteiger charge is 1.84. The fourth-order valence-corrected chi connectivity index (χ4v) is 0.582. The van der Waals surface area contributed by atoms with Crippen LogP contribution in [0.4, 0.5) is 0 Å². The average Bonchev–Trinajstić information content (AvgIpc) is 1.89. The van der Waals surface area contributed by atoms with Crippen LogP contribution >= 0.6 is 11.8 Å². The van der Waals surface area contributed by atoms with Gasteiger partial charge in [0.1, 0.15) is 6.10 Å². The standard InChI is InChI=1S/C7H10OS/c1-3-7(8)5-6-9-4-2/h3,7-8H,1,4H2,2H3. The Bertz CT molecular complexity index is 132. The van der Waals surface area contributed by atoms with Crippen LogP contribution in [0.3, 0.4) is 0 Å². The van der Waals surface area contributed by atoms with E-state index in [1.165, 1.54) is 17.8 Å². The summed E-state index contributed by atoms with van der Waals surface area (Å²) in [6, 6.07) is 0. The molecule has 0 bridgehead atoms. The predicted octanol–water partition coefficient (Wildman–Crippen LogP) is 1.25. The van der Waals surface area contributed by atoms with Gasteiger partial charge in [-0.25, -0.2) is 0 Å². The van der Waals surface area contributed by atoms with Gasteiger partial charge in [0.25, 0.3) is 0 Å². The smallest absolute Gasteiger partial charge is 0.134 e. The summed E-state index contributed by atoms with van der Waals surface area (Å²) >= 11 is 1.48. The molecule has 0 aromatic rings. The van der Waals surface area contributed by atoms with Gasteiger partial charge in [-0.2, -0.15) is 0 Å². The van der Waals surface area contributed by atoms with E-state index >= 15 is 0 Å². The summed E-state index contributed by atoms with van der Waals surface area (Å²) < 4.78 is 0. The van der Waals surface area contributed by atoms with Crippen molar-refractivity contribution in [2.45, 2.75) is 13.0 Å². The van der Waals surface area contributed by atoms with Gasteiger partial charge < -0.3 is 5.11 Å². The van der Waals surface area contributed by atoms with Crippen LogP contribution < -0.4 is 0 Å². The summed E-state index contributed by atoms with van der Waals surface area (Å²) in [4.78, 5) is 0. The van der Waals surface area contributed by atoms with E-state index in [1.54, 1.807) is 0 Å². The van der Waals surface area contributed by atoms with Gasteiger partial charge in [0.2, 0.25) is 0 Å². The van der Waals surface area contributed by atoms with Crippen LogP contribution in [0, 0.1) is 11.2 Å². The van der Waals surface area contributed by atoms with Gasteiger partial charge in [-0.3, -0.25) is 0 Å². The van der Waals surface area contributed by atoms with E-state index in [-0.39, 0.29) is 0 Å². The molecule has 0 rings (SSSR count). The van der Waals surface area contributed by atoms with Gasteiger partial charge >= 0.3 is 0 Å². The Hall–Kier alpha value is -0.390. The Morgan fingerprint density at radius 1 is 1.89 bits per heavy atom. The summed E-state index contributed by atoms with van der Waals surface area (Å²) in [7, 11) is 0. The zero-order chi connectivity index (χ0) is 7.11. The highest BCUT2D eigenvalue weighted by atomic mass is 32.2. The zero-order valence-corrected chi connectivity index (χ0v) is 6.24. The fraction of sp³-hybridized carbons (Fsp3) is 0.429. The van der Waals surface area contributed by atoms with Gasteiger partial charge in [0, 0.05) is 5.75 Å². The van der Waals surface area contributed by atoms with Crippen molar-refractivity contribution >= 4 is 11.8 Å². The number of hydrogen-bond donors (Lipinski definition) is 1. The molecule has 1 nitrogen and oxygen atoms in total. The van der Waals surface area contributed by atoms with Crippen molar-refractivity contribution in [3.05, 3.63) is 12.7 Å². The Morgan fingerprint density at radius 3 is 3.00 bits per heavy atom. The lowest BCUT2D eigenvalue weighted by molar-refractivity contribution is 0.281. The second-order valence-corrected chi connectivity index (χ2v) is 2.43. The minimum atomic E-state index is -0.663. The van der Waals surface area contributed by atoms with Crippen LogP contribution in [0.2, 0.25) is 0 Å². The maximum atomic E-state index is 8.78. The van der Waals surface area contributed by atoms with Crippen LogP contribution in [0.15, 0.2) is 12.7 Å². The number of hydrogen-bond acceptors (Lipinski definition) is 2. The Kier molecular flexibility index (Phi) is 5.49. The first kappa shape index (κ1) is 8.61.